The Labute approximate surface area is 147 Å². The number of carbonyl (C=O) groups excluding carboxylic acids is 1. The first kappa shape index (κ1) is 16.7. The number of esters is 1. The number of hydrogen-bond acceptors (Lipinski definition) is 7. The first-order valence-corrected chi connectivity index (χ1v) is 9.19. The van der Waals surface area contributed by atoms with Crippen LogP contribution in [0.4, 0.5) is 0 Å². The molecule has 2 aromatic heterocycles. The van der Waals surface area contributed by atoms with E-state index in [2.05, 4.69) is 40.3 Å². The van der Waals surface area contributed by atoms with Gasteiger partial charge in [0.05, 0.1) is 12.9 Å². The molecule has 0 N–H and O–H groups in total. The minimum Gasteiger partial charge on any atom is -0.461 e. The predicted molar refractivity (Wildman–Crippen MR) is 93.7 cm³/mol. The smallest absolute Gasteiger partial charge is 0.369 e. The molecule has 6 nitrogen and oxygen atoms in total. The molecule has 2 heterocycles. The van der Waals surface area contributed by atoms with Crippen molar-refractivity contribution in [1.82, 2.24) is 19.7 Å². The summed E-state index contributed by atoms with van der Waals surface area (Å²) >= 11 is 2.83. The van der Waals surface area contributed by atoms with E-state index in [9.17, 15) is 4.79 Å². The topological polar surface area (TPSA) is 69.9 Å². The lowest BCUT2D eigenvalue weighted by Gasteiger charge is -2.08. The number of imidazole rings is 1. The second-order valence-corrected chi connectivity index (χ2v) is 7.16. The van der Waals surface area contributed by atoms with Crippen LogP contribution in [0.25, 0.3) is 5.69 Å². The van der Waals surface area contributed by atoms with Crippen molar-refractivity contribution in [3.05, 3.63) is 53.1 Å². The number of thioether (sulfide) groups is 1. The molecule has 8 heteroatoms. The molecule has 0 bridgehead atoms. The zero-order valence-electron chi connectivity index (χ0n) is 13.3. The van der Waals surface area contributed by atoms with Gasteiger partial charge in [-0.15, -0.1) is 10.2 Å². The Morgan fingerprint density at radius 3 is 2.96 bits per heavy atom. The van der Waals surface area contributed by atoms with Crippen LogP contribution < -0.4 is 0 Å². The lowest BCUT2D eigenvalue weighted by Crippen LogP contribution is -2.03. The van der Waals surface area contributed by atoms with Gasteiger partial charge in [0.1, 0.15) is 0 Å². The fourth-order valence-electron chi connectivity index (χ4n) is 2.10. The summed E-state index contributed by atoms with van der Waals surface area (Å²) in [7, 11) is 0. The van der Waals surface area contributed by atoms with Crippen molar-refractivity contribution in [2.75, 3.05) is 6.61 Å². The van der Waals surface area contributed by atoms with Gasteiger partial charge >= 0.3 is 5.97 Å². The first-order chi connectivity index (χ1) is 11.7. The summed E-state index contributed by atoms with van der Waals surface area (Å²) in [5, 5.41) is 8.22. The Hall–Kier alpha value is -2.19. The van der Waals surface area contributed by atoms with Crippen LogP contribution in [0.5, 0.6) is 0 Å². The van der Waals surface area contributed by atoms with Crippen molar-refractivity contribution in [3.63, 3.8) is 0 Å². The zero-order valence-corrected chi connectivity index (χ0v) is 14.9. The van der Waals surface area contributed by atoms with Crippen molar-refractivity contribution in [2.45, 2.75) is 23.9 Å². The Bertz CT molecular complexity index is 830. The van der Waals surface area contributed by atoms with Gasteiger partial charge in [-0.1, -0.05) is 29.2 Å². The Morgan fingerprint density at radius 2 is 2.25 bits per heavy atom. The fraction of sp³-hybridized carbons (Fsp3) is 0.250. The first-order valence-electron chi connectivity index (χ1n) is 7.38. The molecular weight excluding hydrogens is 344 g/mol. The molecule has 124 valence electrons. The summed E-state index contributed by atoms with van der Waals surface area (Å²) < 4.78 is 7.66. The molecule has 0 aliphatic heterocycles. The van der Waals surface area contributed by atoms with Crippen LogP contribution in [0.2, 0.25) is 0 Å². The van der Waals surface area contributed by atoms with E-state index in [1.54, 1.807) is 31.2 Å². The van der Waals surface area contributed by atoms with Crippen molar-refractivity contribution < 1.29 is 9.53 Å². The molecule has 0 saturated carbocycles. The highest BCUT2D eigenvalue weighted by Crippen LogP contribution is 2.28. The molecule has 0 fully saturated rings. The minimum absolute atomic E-state index is 0.298. The van der Waals surface area contributed by atoms with Crippen LogP contribution in [-0.4, -0.2) is 32.3 Å². The van der Waals surface area contributed by atoms with Gasteiger partial charge in [-0.2, -0.15) is 0 Å². The van der Waals surface area contributed by atoms with E-state index in [4.69, 9.17) is 4.74 Å². The van der Waals surface area contributed by atoms with Crippen molar-refractivity contribution >= 4 is 29.1 Å². The molecule has 0 atom stereocenters. The third-order valence-electron chi connectivity index (χ3n) is 3.34. The molecule has 0 radical (unpaired) electrons. The van der Waals surface area contributed by atoms with Gasteiger partial charge in [0.25, 0.3) is 0 Å². The van der Waals surface area contributed by atoms with Crippen LogP contribution in [0.3, 0.4) is 0 Å². The molecular formula is C16H16N4O2S2. The lowest BCUT2D eigenvalue weighted by atomic mass is 10.1. The van der Waals surface area contributed by atoms with Gasteiger partial charge < -0.3 is 9.30 Å². The molecule has 3 aromatic rings. The van der Waals surface area contributed by atoms with E-state index >= 15 is 0 Å². The van der Waals surface area contributed by atoms with Gasteiger partial charge in [-0.25, -0.2) is 9.78 Å². The maximum Gasteiger partial charge on any atom is 0.369 e. The third-order valence-corrected chi connectivity index (χ3v) is 5.42. The summed E-state index contributed by atoms with van der Waals surface area (Å²) in [6, 6.07) is 6.29. The second kappa shape index (κ2) is 7.59. The SMILES string of the molecule is CCOC(=O)c1nnc(SCc2ccc(-n3ccnc3)cc2C)s1. The number of carbonyl (C=O) groups is 1. The number of ether oxygens (including phenoxy) is 1. The molecule has 0 unspecified atom stereocenters. The number of benzene rings is 1. The Kier molecular flexibility index (Phi) is 5.27. The van der Waals surface area contributed by atoms with E-state index in [0.717, 1.165) is 15.8 Å². The van der Waals surface area contributed by atoms with E-state index in [1.807, 2.05) is 10.8 Å². The zero-order chi connectivity index (χ0) is 16.9. The maximum atomic E-state index is 11.6. The average molecular weight is 360 g/mol. The van der Waals surface area contributed by atoms with Crippen molar-refractivity contribution in [3.8, 4) is 5.69 Å². The van der Waals surface area contributed by atoms with Gasteiger partial charge in [0.2, 0.25) is 5.01 Å². The largest absolute Gasteiger partial charge is 0.461 e. The number of aryl methyl sites for hydroxylation is 1. The van der Waals surface area contributed by atoms with Gasteiger partial charge in [0.15, 0.2) is 4.34 Å². The normalized spacial score (nSPS) is 10.8. The number of aromatic nitrogens is 4. The van der Waals surface area contributed by atoms with Crippen LogP contribution in [-0.2, 0) is 10.5 Å². The highest BCUT2D eigenvalue weighted by atomic mass is 32.2. The van der Waals surface area contributed by atoms with Gasteiger partial charge in [-0.3, -0.25) is 0 Å². The molecule has 0 amide bonds. The van der Waals surface area contributed by atoms with E-state index in [0.29, 0.717) is 11.6 Å². The van der Waals surface area contributed by atoms with E-state index in [1.165, 1.54) is 22.5 Å². The maximum absolute atomic E-state index is 11.6. The lowest BCUT2D eigenvalue weighted by molar-refractivity contribution is 0.0525. The van der Waals surface area contributed by atoms with E-state index in [-0.39, 0.29) is 0 Å². The third kappa shape index (κ3) is 3.82. The van der Waals surface area contributed by atoms with Crippen LogP contribution >= 0.6 is 23.1 Å². The summed E-state index contributed by atoms with van der Waals surface area (Å²) in [6.07, 6.45) is 5.46. The van der Waals surface area contributed by atoms with E-state index < -0.39 is 5.97 Å². The van der Waals surface area contributed by atoms with Crippen LogP contribution in [0.15, 0.2) is 41.3 Å². The van der Waals surface area contributed by atoms with Crippen LogP contribution in [0, 0.1) is 6.92 Å². The Morgan fingerprint density at radius 1 is 1.38 bits per heavy atom. The molecule has 0 spiro atoms. The highest BCUT2D eigenvalue weighted by molar-refractivity contribution is 8.00. The molecule has 3 rings (SSSR count). The monoisotopic (exact) mass is 360 g/mol. The molecule has 0 saturated heterocycles. The summed E-state index contributed by atoms with van der Waals surface area (Å²) in [6.45, 7) is 4.19. The summed E-state index contributed by atoms with van der Waals surface area (Å²) in [5.74, 6) is 0.357. The minimum atomic E-state index is -0.414. The Balaban J connectivity index is 1.66. The highest BCUT2D eigenvalue weighted by Gasteiger charge is 2.14. The van der Waals surface area contributed by atoms with Gasteiger partial charge in [-0.05, 0) is 37.1 Å². The predicted octanol–water partition coefficient (Wildman–Crippen LogP) is 3.50. The second-order valence-electron chi connectivity index (χ2n) is 4.96. The fourth-order valence-corrected chi connectivity index (χ4v) is 3.92. The summed E-state index contributed by atoms with van der Waals surface area (Å²) in [4.78, 5) is 15.7. The van der Waals surface area contributed by atoms with Crippen molar-refractivity contribution in [2.24, 2.45) is 0 Å². The molecule has 24 heavy (non-hydrogen) atoms. The molecule has 1 aromatic carbocycles. The molecule has 0 aliphatic rings. The van der Waals surface area contributed by atoms with Gasteiger partial charge in [0, 0.05) is 23.8 Å². The number of hydrogen-bond donors (Lipinski definition) is 0. The molecule has 0 aliphatic carbocycles. The average Bonchev–Trinajstić information content (AvgIpc) is 3.26. The van der Waals surface area contributed by atoms with Crippen LogP contribution in [0.1, 0.15) is 27.9 Å². The quantitative estimate of drug-likeness (QED) is 0.495. The number of nitrogens with zero attached hydrogens (tertiary/aromatic N) is 4. The standard InChI is InChI=1S/C16H16N4O2S2/c1-3-22-15(21)14-18-19-16(24-14)23-9-12-4-5-13(8-11(12)2)20-7-6-17-10-20/h4-8,10H,3,9H2,1-2H3. The van der Waals surface area contributed by atoms with Crippen molar-refractivity contribution in [1.29, 1.82) is 0 Å². The number of rotatable bonds is 6. The summed E-state index contributed by atoms with van der Waals surface area (Å²) in [5.41, 5.74) is 3.50.